The van der Waals surface area contributed by atoms with Crippen LogP contribution in [0.4, 0.5) is 0 Å². The molecule has 12 nitrogen and oxygen atoms in total. The quantitative estimate of drug-likeness (QED) is 0.264. The van der Waals surface area contributed by atoms with Crippen molar-refractivity contribution in [2.45, 2.75) is 43.9 Å². The van der Waals surface area contributed by atoms with E-state index >= 15 is 0 Å². The molecule has 1 aliphatic heterocycles. The maximum absolute atomic E-state index is 13.1. The van der Waals surface area contributed by atoms with Gasteiger partial charge in [0.25, 0.3) is 0 Å². The van der Waals surface area contributed by atoms with Gasteiger partial charge in [0.15, 0.2) is 11.6 Å². The summed E-state index contributed by atoms with van der Waals surface area (Å²) in [5.41, 5.74) is -4.40. The highest BCUT2D eigenvalue weighted by Crippen LogP contribution is 2.53. The number of allylic oxidation sites excluding steroid dienone is 2. The standard InChI is InChI=1S/C22H22O12/c1-22(21(32)33)4-6(24)2-8-13(22)17(29)11-7(14(8)26)3-9(25)12(16(11)28)20-19(31)18(30)15(27)10(5-23)34-20/h2-3,10,15,18-20,23,25,27-31H,4-5H2,1H3,(H,32,33)/t10-,15-,18+,19-,20-,22?/m1/s1. The summed E-state index contributed by atoms with van der Waals surface area (Å²) in [6.45, 7) is 0.348. The monoisotopic (exact) mass is 478 g/mol. The number of benzene rings is 1. The van der Waals surface area contributed by atoms with Crippen molar-refractivity contribution in [1.29, 1.82) is 0 Å². The Balaban J connectivity index is 1.97. The predicted molar refractivity (Wildman–Crippen MR) is 110 cm³/mol. The van der Waals surface area contributed by atoms with E-state index in [1.165, 1.54) is 0 Å². The second kappa shape index (κ2) is 7.89. The van der Waals surface area contributed by atoms with Gasteiger partial charge in [-0.1, -0.05) is 0 Å². The fourth-order valence-corrected chi connectivity index (χ4v) is 4.75. The highest BCUT2D eigenvalue weighted by molar-refractivity contribution is 6.23. The molecule has 1 saturated heterocycles. The number of carbonyl (C=O) groups is 3. The third-order valence-corrected chi connectivity index (χ3v) is 6.58. The molecule has 182 valence electrons. The number of carboxylic acid groups (broad SMARTS) is 1. The van der Waals surface area contributed by atoms with Gasteiger partial charge in [-0.05, 0) is 19.1 Å². The Morgan fingerprint density at radius 1 is 1.12 bits per heavy atom. The molecule has 1 heterocycles. The molecule has 4 rings (SSSR count). The van der Waals surface area contributed by atoms with E-state index in [0.29, 0.717) is 0 Å². The molecule has 1 unspecified atom stereocenters. The second-order valence-corrected chi connectivity index (χ2v) is 8.72. The lowest BCUT2D eigenvalue weighted by Crippen LogP contribution is -2.55. The lowest BCUT2D eigenvalue weighted by Gasteiger charge is -2.41. The number of phenols is 2. The van der Waals surface area contributed by atoms with E-state index in [1.807, 2.05) is 0 Å². The molecule has 1 fully saturated rings. The Morgan fingerprint density at radius 2 is 1.76 bits per heavy atom. The minimum atomic E-state index is -2.01. The first-order valence-electron chi connectivity index (χ1n) is 10.2. The molecule has 2 aliphatic carbocycles. The van der Waals surface area contributed by atoms with Crippen molar-refractivity contribution in [2.75, 3.05) is 6.61 Å². The number of hydrogen-bond donors (Lipinski definition) is 8. The average Bonchev–Trinajstić information content (AvgIpc) is 2.76. The molecule has 0 bridgehead atoms. The second-order valence-electron chi connectivity index (χ2n) is 8.72. The van der Waals surface area contributed by atoms with Crippen LogP contribution >= 0.6 is 0 Å². The van der Waals surface area contributed by atoms with E-state index < -0.39 is 112 Å². The predicted octanol–water partition coefficient (Wildman–Crippen LogP) is -0.932. The molecule has 12 heteroatoms. The summed E-state index contributed by atoms with van der Waals surface area (Å²) in [5, 5.41) is 82.3. The number of aliphatic carboxylic acids is 1. The van der Waals surface area contributed by atoms with Gasteiger partial charge in [0.05, 0.1) is 17.7 Å². The molecule has 0 aromatic heterocycles. The van der Waals surface area contributed by atoms with Crippen LogP contribution in [0.2, 0.25) is 0 Å². The Bertz CT molecular complexity index is 1180. The summed E-state index contributed by atoms with van der Waals surface area (Å²) in [5.74, 6) is -5.69. The molecular weight excluding hydrogens is 456 g/mol. The minimum Gasteiger partial charge on any atom is -0.507 e. The van der Waals surface area contributed by atoms with Crippen molar-refractivity contribution in [2.24, 2.45) is 5.41 Å². The summed E-state index contributed by atoms with van der Waals surface area (Å²) in [4.78, 5) is 37.3. The fraction of sp³-hybridized carbons (Fsp3) is 0.409. The van der Waals surface area contributed by atoms with Gasteiger partial charge < -0.3 is 45.6 Å². The van der Waals surface area contributed by atoms with Gasteiger partial charge in [0, 0.05) is 23.1 Å². The highest BCUT2D eigenvalue weighted by Gasteiger charge is 2.51. The normalized spacial score (nSPS) is 33.3. The smallest absolute Gasteiger partial charge is 0.314 e. The Morgan fingerprint density at radius 3 is 2.35 bits per heavy atom. The molecule has 0 spiro atoms. The van der Waals surface area contributed by atoms with Crippen LogP contribution in [0.15, 0.2) is 23.3 Å². The van der Waals surface area contributed by atoms with Crippen LogP contribution in [0, 0.1) is 5.41 Å². The van der Waals surface area contributed by atoms with Crippen LogP contribution in [0.3, 0.4) is 0 Å². The van der Waals surface area contributed by atoms with Gasteiger partial charge in [-0.25, -0.2) is 0 Å². The number of aromatic hydroxyl groups is 2. The zero-order valence-electron chi connectivity index (χ0n) is 17.7. The van der Waals surface area contributed by atoms with Gasteiger partial charge >= 0.3 is 5.97 Å². The maximum atomic E-state index is 13.1. The molecule has 0 saturated carbocycles. The van der Waals surface area contributed by atoms with Crippen molar-refractivity contribution in [1.82, 2.24) is 0 Å². The number of hydrogen-bond acceptors (Lipinski definition) is 11. The van der Waals surface area contributed by atoms with E-state index in [1.54, 1.807) is 0 Å². The summed E-state index contributed by atoms with van der Waals surface area (Å²) < 4.78 is 5.37. The van der Waals surface area contributed by atoms with Crippen LogP contribution in [0.1, 0.15) is 40.9 Å². The number of aliphatic hydroxyl groups is 5. The van der Waals surface area contributed by atoms with Gasteiger partial charge in [-0.15, -0.1) is 0 Å². The first-order valence-corrected chi connectivity index (χ1v) is 10.2. The lowest BCUT2D eigenvalue weighted by molar-refractivity contribution is -0.232. The van der Waals surface area contributed by atoms with Crippen molar-refractivity contribution < 1.29 is 60.0 Å². The van der Waals surface area contributed by atoms with E-state index in [4.69, 9.17) is 4.74 Å². The number of rotatable bonds is 3. The van der Waals surface area contributed by atoms with Gasteiger partial charge in [0.1, 0.15) is 53.2 Å². The SMILES string of the molecule is CC1(C(=O)O)CC(=O)C=C2C(=O)c3cc(O)c([C@H]4O[C@H](CO)[C@@H](O)[C@H](O)[C@H]4O)c(O)c3C(O)=C21. The molecule has 3 aliphatic rings. The van der Waals surface area contributed by atoms with Crippen LogP contribution < -0.4 is 0 Å². The van der Waals surface area contributed by atoms with E-state index in [9.17, 15) is 55.2 Å². The highest BCUT2D eigenvalue weighted by atomic mass is 16.5. The first-order chi connectivity index (χ1) is 15.8. The molecular formula is C22H22O12. The van der Waals surface area contributed by atoms with Crippen molar-refractivity contribution in [3.05, 3.63) is 40.0 Å². The molecule has 1 aromatic rings. The molecule has 0 amide bonds. The number of carboxylic acids is 1. The van der Waals surface area contributed by atoms with Gasteiger partial charge in [-0.3, -0.25) is 14.4 Å². The van der Waals surface area contributed by atoms with E-state index in [0.717, 1.165) is 19.1 Å². The molecule has 6 atom stereocenters. The van der Waals surface area contributed by atoms with Crippen molar-refractivity contribution in [3.8, 4) is 11.5 Å². The van der Waals surface area contributed by atoms with E-state index in [2.05, 4.69) is 0 Å². The largest absolute Gasteiger partial charge is 0.507 e. The lowest BCUT2D eigenvalue weighted by atomic mass is 9.65. The summed E-state index contributed by atoms with van der Waals surface area (Å²) >= 11 is 0. The number of ether oxygens (including phenoxy) is 1. The Hall–Kier alpha value is -3.29. The number of Topliss-reactive ketones (excluding diaryl/α,β-unsaturated/α-hetero) is 1. The first kappa shape index (κ1) is 23.9. The maximum Gasteiger partial charge on any atom is 0.314 e. The van der Waals surface area contributed by atoms with Crippen LogP contribution in [-0.2, 0) is 14.3 Å². The van der Waals surface area contributed by atoms with Gasteiger partial charge in [-0.2, -0.15) is 0 Å². The van der Waals surface area contributed by atoms with Crippen LogP contribution in [-0.4, -0.2) is 89.4 Å². The van der Waals surface area contributed by atoms with Crippen LogP contribution in [0.25, 0.3) is 5.76 Å². The number of fused-ring (bicyclic) bond motifs is 2. The summed E-state index contributed by atoms with van der Waals surface area (Å²) in [7, 11) is 0. The number of phenolic OH excluding ortho intramolecular Hbond substituents is 2. The Kier molecular flexibility index (Phi) is 5.54. The molecule has 0 radical (unpaired) electrons. The fourth-order valence-electron chi connectivity index (χ4n) is 4.75. The zero-order valence-corrected chi connectivity index (χ0v) is 17.7. The third kappa shape index (κ3) is 3.15. The number of aliphatic hydroxyl groups excluding tert-OH is 5. The molecule has 8 N–H and O–H groups in total. The number of ketones is 2. The van der Waals surface area contributed by atoms with Crippen molar-refractivity contribution >= 4 is 23.3 Å². The zero-order chi connectivity index (χ0) is 25.3. The average molecular weight is 478 g/mol. The third-order valence-electron chi connectivity index (χ3n) is 6.58. The van der Waals surface area contributed by atoms with Crippen molar-refractivity contribution in [3.63, 3.8) is 0 Å². The number of carbonyl (C=O) groups excluding carboxylic acids is 2. The summed E-state index contributed by atoms with van der Waals surface area (Å²) in [6, 6.07) is 0.833. The Labute approximate surface area is 191 Å². The van der Waals surface area contributed by atoms with E-state index in [-0.39, 0.29) is 0 Å². The summed E-state index contributed by atoms with van der Waals surface area (Å²) in [6.07, 6.45) is -8.26. The van der Waals surface area contributed by atoms with Crippen LogP contribution in [0.5, 0.6) is 11.5 Å². The minimum absolute atomic E-state index is 0.398. The molecule has 34 heavy (non-hydrogen) atoms. The topological polar surface area (TPSA) is 222 Å². The molecule has 1 aromatic carbocycles. The van der Waals surface area contributed by atoms with Gasteiger partial charge in [0.2, 0.25) is 0 Å².